The van der Waals surface area contributed by atoms with Crippen molar-refractivity contribution in [3.63, 3.8) is 0 Å². The molecular weight excluding hydrogens is 415 g/mol. The summed E-state index contributed by atoms with van der Waals surface area (Å²) in [6, 6.07) is 6.71. The van der Waals surface area contributed by atoms with Crippen molar-refractivity contribution in [2.24, 2.45) is 0 Å². The number of benzene rings is 1. The highest BCUT2D eigenvalue weighted by Crippen LogP contribution is 2.29. The Bertz CT molecular complexity index is 410. The quantitative estimate of drug-likeness (QED) is 0.720. The fourth-order valence-corrected chi connectivity index (χ4v) is 2.80. The summed E-state index contributed by atoms with van der Waals surface area (Å²) in [4.78, 5) is 2.46. The Labute approximate surface area is 144 Å². The molecule has 0 saturated carbocycles. The van der Waals surface area contributed by atoms with Gasteiger partial charge in [-0.05, 0) is 49.6 Å². The molecule has 1 aromatic carbocycles. The van der Waals surface area contributed by atoms with Crippen LogP contribution in [0.5, 0.6) is 0 Å². The van der Waals surface area contributed by atoms with Crippen LogP contribution in [0.4, 0.5) is 0 Å². The van der Waals surface area contributed by atoms with Gasteiger partial charge in [-0.2, -0.15) is 0 Å². The third-order valence-corrected chi connectivity index (χ3v) is 4.93. The van der Waals surface area contributed by atoms with Gasteiger partial charge in [-0.1, -0.05) is 12.1 Å². The van der Waals surface area contributed by atoms with E-state index in [9.17, 15) is 0 Å². The highest BCUT2D eigenvalue weighted by Gasteiger charge is 2.19. The maximum Gasteiger partial charge on any atom is 0.0530 e. The van der Waals surface area contributed by atoms with Gasteiger partial charge in [0.05, 0.1) is 6.04 Å². The van der Waals surface area contributed by atoms with Crippen molar-refractivity contribution in [3.05, 3.63) is 45.4 Å². The largest absolute Gasteiger partial charge is 0.314 e. The standard InChI is InChI=1S/C13H16Br2N2.2ClH/c1-2-13(17-7-5-16-6-8-17)10-3-4-11(14)12(15)9-10;;/h2-4,9,13,16H,1,5-8H2;2*1H/t13-;;/m0../s1. The smallest absolute Gasteiger partial charge is 0.0530 e. The molecule has 2 nitrogen and oxygen atoms in total. The number of nitrogens with one attached hydrogen (secondary N) is 1. The lowest BCUT2D eigenvalue weighted by atomic mass is 10.0. The van der Waals surface area contributed by atoms with Gasteiger partial charge < -0.3 is 5.32 Å². The Morgan fingerprint density at radius 3 is 2.32 bits per heavy atom. The monoisotopic (exact) mass is 430 g/mol. The van der Waals surface area contributed by atoms with E-state index in [0.29, 0.717) is 6.04 Å². The van der Waals surface area contributed by atoms with Gasteiger partial charge in [0.1, 0.15) is 0 Å². The number of hydrogen-bond donors (Lipinski definition) is 1. The lowest BCUT2D eigenvalue weighted by Gasteiger charge is -2.33. The molecule has 1 heterocycles. The Balaban J connectivity index is 0.00000162. The van der Waals surface area contributed by atoms with Crippen LogP contribution in [0.1, 0.15) is 11.6 Å². The van der Waals surface area contributed by atoms with Crippen LogP contribution in [-0.2, 0) is 0 Å². The molecule has 0 bridgehead atoms. The zero-order valence-corrected chi connectivity index (χ0v) is 15.2. The minimum Gasteiger partial charge on any atom is -0.314 e. The first kappa shape index (κ1) is 19.4. The Kier molecular flexibility index (Phi) is 9.58. The van der Waals surface area contributed by atoms with E-state index in [2.05, 4.69) is 66.9 Å². The summed E-state index contributed by atoms with van der Waals surface area (Å²) in [5.41, 5.74) is 1.29. The van der Waals surface area contributed by atoms with Crippen molar-refractivity contribution in [2.45, 2.75) is 6.04 Å². The first-order valence-corrected chi connectivity index (χ1v) is 7.33. The first-order valence-electron chi connectivity index (χ1n) is 5.74. The van der Waals surface area contributed by atoms with E-state index >= 15 is 0 Å². The van der Waals surface area contributed by atoms with E-state index in [0.717, 1.165) is 35.1 Å². The van der Waals surface area contributed by atoms with Gasteiger partial charge in [0, 0.05) is 35.1 Å². The van der Waals surface area contributed by atoms with Crippen LogP contribution >= 0.6 is 56.7 Å². The molecule has 1 aliphatic rings. The maximum absolute atomic E-state index is 3.98. The SMILES string of the molecule is C=C[C@@H](c1ccc(Br)c(Br)c1)N1CCNCC1.Cl.Cl. The molecule has 0 amide bonds. The molecule has 0 aliphatic carbocycles. The van der Waals surface area contributed by atoms with Crippen LogP contribution in [0, 0.1) is 0 Å². The third kappa shape index (κ3) is 5.03. The minimum absolute atomic E-state index is 0. The summed E-state index contributed by atoms with van der Waals surface area (Å²) in [5.74, 6) is 0. The summed E-state index contributed by atoms with van der Waals surface area (Å²) < 4.78 is 2.18. The topological polar surface area (TPSA) is 15.3 Å². The second kappa shape index (κ2) is 9.37. The van der Waals surface area contributed by atoms with Gasteiger partial charge in [0.2, 0.25) is 0 Å². The highest BCUT2D eigenvalue weighted by atomic mass is 79.9. The van der Waals surface area contributed by atoms with Crippen LogP contribution in [0.25, 0.3) is 0 Å². The number of halogens is 4. The Hall–Kier alpha value is 0.420. The number of nitrogens with zero attached hydrogens (tertiary/aromatic N) is 1. The molecule has 108 valence electrons. The van der Waals surface area contributed by atoms with Crippen molar-refractivity contribution in [2.75, 3.05) is 26.2 Å². The van der Waals surface area contributed by atoms with Gasteiger partial charge in [-0.25, -0.2) is 0 Å². The molecule has 1 aromatic rings. The molecule has 1 aliphatic heterocycles. The summed E-state index contributed by atoms with van der Waals surface area (Å²) in [6.07, 6.45) is 2.03. The van der Waals surface area contributed by atoms with Gasteiger partial charge >= 0.3 is 0 Å². The lowest BCUT2D eigenvalue weighted by molar-refractivity contribution is 0.203. The van der Waals surface area contributed by atoms with E-state index in [-0.39, 0.29) is 24.8 Å². The number of hydrogen-bond acceptors (Lipinski definition) is 2. The second-order valence-electron chi connectivity index (χ2n) is 4.14. The summed E-state index contributed by atoms with van der Waals surface area (Å²) in [6.45, 7) is 8.24. The molecular formula is C13H18Br2Cl2N2. The lowest BCUT2D eigenvalue weighted by Crippen LogP contribution is -2.44. The zero-order chi connectivity index (χ0) is 12.3. The molecule has 1 fully saturated rings. The van der Waals surface area contributed by atoms with Gasteiger partial charge in [-0.15, -0.1) is 31.4 Å². The van der Waals surface area contributed by atoms with Crippen molar-refractivity contribution < 1.29 is 0 Å². The molecule has 0 unspecified atom stereocenters. The molecule has 2 rings (SSSR count). The molecule has 0 radical (unpaired) electrons. The molecule has 0 spiro atoms. The predicted molar refractivity (Wildman–Crippen MR) is 93.7 cm³/mol. The zero-order valence-electron chi connectivity index (χ0n) is 10.4. The molecule has 6 heteroatoms. The second-order valence-corrected chi connectivity index (χ2v) is 5.85. The Morgan fingerprint density at radius 2 is 1.79 bits per heavy atom. The fraction of sp³-hybridized carbons (Fsp3) is 0.385. The Morgan fingerprint density at radius 1 is 1.16 bits per heavy atom. The number of rotatable bonds is 3. The summed E-state index contributed by atoms with van der Waals surface area (Å²) in [7, 11) is 0. The van der Waals surface area contributed by atoms with E-state index in [1.165, 1.54) is 5.56 Å². The van der Waals surface area contributed by atoms with E-state index in [4.69, 9.17) is 0 Å². The molecule has 0 aromatic heterocycles. The molecule has 1 atom stereocenters. The summed E-state index contributed by atoms with van der Waals surface area (Å²) >= 11 is 7.06. The summed E-state index contributed by atoms with van der Waals surface area (Å²) in [5, 5.41) is 3.37. The minimum atomic E-state index is 0. The van der Waals surface area contributed by atoms with E-state index in [1.807, 2.05) is 6.08 Å². The predicted octanol–water partition coefficient (Wildman–Crippen LogP) is 4.19. The van der Waals surface area contributed by atoms with Crippen LogP contribution in [0.15, 0.2) is 39.8 Å². The van der Waals surface area contributed by atoms with Gasteiger partial charge in [-0.3, -0.25) is 4.90 Å². The van der Waals surface area contributed by atoms with Crippen LogP contribution in [0.2, 0.25) is 0 Å². The van der Waals surface area contributed by atoms with Crippen molar-refractivity contribution in [1.29, 1.82) is 0 Å². The van der Waals surface area contributed by atoms with Gasteiger partial charge in [0.25, 0.3) is 0 Å². The van der Waals surface area contributed by atoms with E-state index < -0.39 is 0 Å². The first-order chi connectivity index (χ1) is 8.22. The van der Waals surface area contributed by atoms with Crippen LogP contribution in [0.3, 0.4) is 0 Å². The average Bonchev–Trinajstić information content (AvgIpc) is 2.36. The van der Waals surface area contributed by atoms with Crippen LogP contribution < -0.4 is 5.32 Å². The average molecular weight is 433 g/mol. The fourth-order valence-electron chi connectivity index (χ4n) is 2.15. The third-order valence-electron chi connectivity index (χ3n) is 3.05. The molecule has 19 heavy (non-hydrogen) atoms. The van der Waals surface area contributed by atoms with Gasteiger partial charge in [0.15, 0.2) is 0 Å². The van der Waals surface area contributed by atoms with Crippen molar-refractivity contribution in [3.8, 4) is 0 Å². The normalized spacial score (nSPS) is 16.9. The molecule has 1 N–H and O–H groups in total. The van der Waals surface area contributed by atoms with Crippen molar-refractivity contribution in [1.82, 2.24) is 10.2 Å². The van der Waals surface area contributed by atoms with Crippen molar-refractivity contribution >= 4 is 56.7 Å². The molecule has 1 saturated heterocycles. The van der Waals surface area contributed by atoms with Crippen LogP contribution in [-0.4, -0.2) is 31.1 Å². The maximum atomic E-state index is 3.98. The number of piperazine rings is 1. The van der Waals surface area contributed by atoms with E-state index in [1.54, 1.807) is 0 Å². The highest BCUT2D eigenvalue weighted by molar-refractivity contribution is 9.13.